The summed E-state index contributed by atoms with van der Waals surface area (Å²) in [6.07, 6.45) is 8.32. The summed E-state index contributed by atoms with van der Waals surface area (Å²) in [4.78, 5) is 24.3. The van der Waals surface area contributed by atoms with E-state index in [-0.39, 0.29) is 18.0 Å². The van der Waals surface area contributed by atoms with Gasteiger partial charge < -0.3 is 10.1 Å². The van der Waals surface area contributed by atoms with Gasteiger partial charge in [0.05, 0.1) is 0 Å². The highest BCUT2D eigenvalue weighted by atomic mass is 32.2. The predicted octanol–water partition coefficient (Wildman–Crippen LogP) is 3.15. The molecule has 4 nitrogen and oxygen atoms in total. The van der Waals surface area contributed by atoms with Crippen LogP contribution in [0.5, 0.6) is 0 Å². The number of nitrogens with one attached hydrogen (secondary N) is 1. The predicted molar refractivity (Wildman–Crippen MR) is 87.3 cm³/mol. The average molecular weight is 315 g/mol. The molecule has 2 atom stereocenters. The SMILES string of the molecule is CCC(C)CC(=O)N[C@@H](CCSC)C(=O)OC1CCCC1. The van der Waals surface area contributed by atoms with Crippen LogP contribution in [0, 0.1) is 5.92 Å². The smallest absolute Gasteiger partial charge is 0.328 e. The van der Waals surface area contributed by atoms with E-state index in [0.29, 0.717) is 18.8 Å². The molecule has 1 amide bonds. The second-order valence-corrected chi connectivity index (χ2v) is 6.95. The van der Waals surface area contributed by atoms with Crippen molar-refractivity contribution in [1.82, 2.24) is 5.32 Å². The fourth-order valence-corrected chi connectivity index (χ4v) is 2.92. The molecule has 0 spiro atoms. The summed E-state index contributed by atoms with van der Waals surface area (Å²) in [5.41, 5.74) is 0. The van der Waals surface area contributed by atoms with E-state index in [1.807, 2.05) is 13.2 Å². The first-order chi connectivity index (χ1) is 10.1. The summed E-state index contributed by atoms with van der Waals surface area (Å²) in [6.45, 7) is 4.12. The summed E-state index contributed by atoms with van der Waals surface area (Å²) < 4.78 is 5.54. The van der Waals surface area contributed by atoms with Gasteiger partial charge in [-0.25, -0.2) is 4.79 Å². The van der Waals surface area contributed by atoms with Gasteiger partial charge in [0.15, 0.2) is 0 Å². The number of esters is 1. The molecular weight excluding hydrogens is 286 g/mol. The molecule has 0 aromatic heterocycles. The zero-order valence-corrected chi connectivity index (χ0v) is 14.3. The lowest BCUT2D eigenvalue weighted by Gasteiger charge is -2.20. The van der Waals surface area contributed by atoms with Crippen LogP contribution in [0.4, 0.5) is 0 Å². The zero-order chi connectivity index (χ0) is 15.7. The minimum atomic E-state index is -0.491. The molecule has 0 aliphatic heterocycles. The lowest BCUT2D eigenvalue weighted by molar-refractivity contribution is -0.152. The molecule has 1 unspecified atom stereocenters. The molecule has 1 fully saturated rings. The Morgan fingerprint density at radius 3 is 2.57 bits per heavy atom. The molecule has 21 heavy (non-hydrogen) atoms. The minimum absolute atomic E-state index is 0.0428. The highest BCUT2D eigenvalue weighted by molar-refractivity contribution is 7.98. The third-order valence-corrected chi connectivity index (χ3v) is 4.69. The van der Waals surface area contributed by atoms with Crippen LogP contribution in [-0.4, -0.2) is 36.0 Å². The number of hydrogen-bond donors (Lipinski definition) is 1. The van der Waals surface area contributed by atoms with Gasteiger partial charge in [-0.15, -0.1) is 0 Å². The van der Waals surface area contributed by atoms with E-state index >= 15 is 0 Å². The number of thioether (sulfide) groups is 1. The van der Waals surface area contributed by atoms with Crippen LogP contribution in [0.3, 0.4) is 0 Å². The molecule has 0 aromatic carbocycles. The summed E-state index contributed by atoms with van der Waals surface area (Å²) in [7, 11) is 0. The monoisotopic (exact) mass is 315 g/mol. The third-order valence-electron chi connectivity index (χ3n) is 4.05. The molecule has 1 rings (SSSR count). The van der Waals surface area contributed by atoms with Gasteiger partial charge in [0.25, 0.3) is 0 Å². The van der Waals surface area contributed by atoms with Crippen molar-refractivity contribution >= 4 is 23.6 Å². The van der Waals surface area contributed by atoms with Gasteiger partial charge in [-0.05, 0) is 50.0 Å². The number of amides is 1. The first kappa shape index (κ1) is 18.3. The fraction of sp³-hybridized carbons (Fsp3) is 0.875. The van der Waals surface area contributed by atoms with Crippen molar-refractivity contribution in [1.29, 1.82) is 0 Å². The van der Waals surface area contributed by atoms with Crippen LogP contribution >= 0.6 is 11.8 Å². The van der Waals surface area contributed by atoms with Crippen molar-refractivity contribution in [2.75, 3.05) is 12.0 Å². The van der Waals surface area contributed by atoms with Crippen LogP contribution in [0.1, 0.15) is 58.8 Å². The molecule has 0 bridgehead atoms. The largest absolute Gasteiger partial charge is 0.461 e. The van der Waals surface area contributed by atoms with Crippen molar-refractivity contribution < 1.29 is 14.3 Å². The Hall–Kier alpha value is -0.710. The minimum Gasteiger partial charge on any atom is -0.461 e. The Morgan fingerprint density at radius 1 is 1.33 bits per heavy atom. The van der Waals surface area contributed by atoms with Gasteiger partial charge in [0.1, 0.15) is 12.1 Å². The van der Waals surface area contributed by atoms with Crippen molar-refractivity contribution in [2.45, 2.75) is 70.9 Å². The number of carbonyl (C=O) groups excluding carboxylic acids is 2. The average Bonchev–Trinajstić information content (AvgIpc) is 2.95. The first-order valence-corrected chi connectivity index (χ1v) is 9.45. The second kappa shape index (κ2) is 10.1. The standard InChI is InChI=1S/C16H29NO3S/c1-4-12(2)11-15(18)17-14(9-10-21-3)16(19)20-13-7-5-6-8-13/h12-14H,4-11H2,1-3H3,(H,17,18)/t12?,14-/m0/s1. The van der Waals surface area contributed by atoms with Gasteiger partial charge in [-0.3, -0.25) is 4.79 Å². The number of carbonyl (C=O) groups is 2. The van der Waals surface area contributed by atoms with Crippen molar-refractivity contribution in [3.05, 3.63) is 0 Å². The van der Waals surface area contributed by atoms with E-state index < -0.39 is 6.04 Å². The number of hydrogen-bond acceptors (Lipinski definition) is 4. The first-order valence-electron chi connectivity index (χ1n) is 8.05. The number of ether oxygens (including phenoxy) is 1. The van der Waals surface area contributed by atoms with Gasteiger partial charge >= 0.3 is 5.97 Å². The molecule has 0 heterocycles. The Morgan fingerprint density at radius 2 is 2.00 bits per heavy atom. The van der Waals surface area contributed by atoms with E-state index in [9.17, 15) is 9.59 Å². The lowest BCUT2D eigenvalue weighted by Crippen LogP contribution is -2.43. The van der Waals surface area contributed by atoms with Gasteiger partial charge in [0.2, 0.25) is 5.91 Å². The molecule has 1 aliphatic rings. The van der Waals surface area contributed by atoms with Gasteiger partial charge in [-0.2, -0.15) is 11.8 Å². The van der Waals surface area contributed by atoms with E-state index in [2.05, 4.69) is 12.2 Å². The van der Waals surface area contributed by atoms with Gasteiger partial charge in [-0.1, -0.05) is 20.3 Å². The summed E-state index contributed by atoms with van der Waals surface area (Å²) in [5, 5.41) is 2.86. The summed E-state index contributed by atoms with van der Waals surface area (Å²) in [5.74, 6) is 0.887. The lowest BCUT2D eigenvalue weighted by atomic mass is 10.0. The highest BCUT2D eigenvalue weighted by Gasteiger charge is 2.26. The summed E-state index contributed by atoms with van der Waals surface area (Å²) in [6, 6.07) is -0.491. The number of rotatable bonds is 9. The van der Waals surface area contributed by atoms with E-state index in [0.717, 1.165) is 37.9 Å². The summed E-state index contributed by atoms with van der Waals surface area (Å²) >= 11 is 1.68. The topological polar surface area (TPSA) is 55.4 Å². The Kier molecular flexibility index (Phi) is 8.81. The van der Waals surface area contributed by atoms with E-state index in [4.69, 9.17) is 4.74 Å². The Labute approximate surface area is 132 Å². The quantitative estimate of drug-likeness (QED) is 0.664. The van der Waals surface area contributed by atoms with Crippen molar-refractivity contribution in [3.8, 4) is 0 Å². The molecule has 5 heteroatoms. The fourth-order valence-electron chi connectivity index (χ4n) is 2.45. The molecule has 0 radical (unpaired) electrons. The van der Waals surface area contributed by atoms with Gasteiger partial charge in [0, 0.05) is 6.42 Å². The molecule has 122 valence electrons. The maximum Gasteiger partial charge on any atom is 0.328 e. The van der Waals surface area contributed by atoms with Crippen LogP contribution in [0.2, 0.25) is 0 Å². The van der Waals surface area contributed by atoms with E-state index in [1.165, 1.54) is 0 Å². The molecule has 0 aromatic rings. The maximum atomic E-state index is 12.2. The molecule has 1 aliphatic carbocycles. The zero-order valence-electron chi connectivity index (χ0n) is 13.5. The molecule has 1 saturated carbocycles. The van der Waals surface area contributed by atoms with Crippen LogP contribution < -0.4 is 5.32 Å². The van der Waals surface area contributed by atoms with Crippen molar-refractivity contribution in [3.63, 3.8) is 0 Å². The van der Waals surface area contributed by atoms with E-state index in [1.54, 1.807) is 11.8 Å². The van der Waals surface area contributed by atoms with Crippen LogP contribution in [0.15, 0.2) is 0 Å². The molecular formula is C16H29NO3S. The maximum absolute atomic E-state index is 12.2. The van der Waals surface area contributed by atoms with Crippen LogP contribution in [-0.2, 0) is 14.3 Å². The second-order valence-electron chi connectivity index (χ2n) is 5.96. The Bertz CT molecular complexity index is 329. The molecule has 0 saturated heterocycles. The van der Waals surface area contributed by atoms with Crippen molar-refractivity contribution in [2.24, 2.45) is 5.92 Å². The van der Waals surface area contributed by atoms with Crippen LogP contribution in [0.25, 0.3) is 0 Å². The third kappa shape index (κ3) is 7.21. The normalized spacial score (nSPS) is 18.2. The highest BCUT2D eigenvalue weighted by Crippen LogP contribution is 2.21. The Balaban J connectivity index is 2.48. The molecule has 1 N–H and O–H groups in total.